The number of rotatable bonds is 5. The fourth-order valence-corrected chi connectivity index (χ4v) is 2.15. The minimum atomic E-state index is -0.334. The Morgan fingerprint density at radius 2 is 1.81 bits per heavy atom. The van der Waals surface area contributed by atoms with Gasteiger partial charge in [0.05, 0.1) is 0 Å². The van der Waals surface area contributed by atoms with Crippen LogP contribution in [0.1, 0.15) is 27.0 Å². The molecular formula is C17H19FN2O. The molecule has 0 saturated heterocycles. The number of nitrogens with two attached hydrogens (primary N) is 1. The molecule has 0 atom stereocenters. The van der Waals surface area contributed by atoms with Crippen LogP contribution in [-0.4, -0.2) is 12.5 Å². The van der Waals surface area contributed by atoms with Crippen molar-refractivity contribution in [2.24, 2.45) is 5.73 Å². The molecule has 1 amide bonds. The molecule has 110 valence electrons. The summed E-state index contributed by atoms with van der Waals surface area (Å²) in [6, 6.07) is 12.1. The van der Waals surface area contributed by atoms with Gasteiger partial charge < -0.3 is 11.1 Å². The fourth-order valence-electron chi connectivity index (χ4n) is 2.15. The third-order valence-corrected chi connectivity index (χ3v) is 3.34. The van der Waals surface area contributed by atoms with Gasteiger partial charge >= 0.3 is 0 Å². The summed E-state index contributed by atoms with van der Waals surface area (Å²) in [7, 11) is 0. The van der Waals surface area contributed by atoms with Crippen LogP contribution in [0.5, 0.6) is 0 Å². The van der Waals surface area contributed by atoms with Crippen molar-refractivity contribution in [2.75, 3.05) is 6.54 Å². The van der Waals surface area contributed by atoms with E-state index in [0.717, 1.165) is 12.0 Å². The molecule has 0 aliphatic rings. The zero-order chi connectivity index (χ0) is 15.2. The van der Waals surface area contributed by atoms with Gasteiger partial charge in [-0.1, -0.05) is 24.3 Å². The summed E-state index contributed by atoms with van der Waals surface area (Å²) in [4.78, 5) is 12.1. The molecule has 0 spiro atoms. The number of hydrogen-bond acceptors (Lipinski definition) is 2. The smallest absolute Gasteiger partial charge is 0.251 e. The number of carbonyl (C=O) groups is 1. The largest absolute Gasteiger partial charge is 0.348 e. The van der Waals surface area contributed by atoms with Crippen molar-refractivity contribution in [3.8, 4) is 0 Å². The van der Waals surface area contributed by atoms with Gasteiger partial charge in [-0.2, -0.15) is 0 Å². The molecule has 0 unspecified atom stereocenters. The predicted octanol–water partition coefficient (Wildman–Crippen LogP) is 2.57. The Morgan fingerprint density at radius 3 is 2.43 bits per heavy atom. The summed E-state index contributed by atoms with van der Waals surface area (Å²) in [6.07, 6.45) is 0.849. The van der Waals surface area contributed by atoms with E-state index in [-0.39, 0.29) is 11.7 Å². The van der Waals surface area contributed by atoms with E-state index in [0.29, 0.717) is 24.2 Å². The van der Waals surface area contributed by atoms with Crippen LogP contribution >= 0.6 is 0 Å². The van der Waals surface area contributed by atoms with Crippen LogP contribution in [0.25, 0.3) is 0 Å². The molecular weight excluding hydrogens is 267 g/mol. The van der Waals surface area contributed by atoms with Crippen molar-refractivity contribution in [3.63, 3.8) is 0 Å². The van der Waals surface area contributed by atoms with E-state index in [1.165, 1.54) is 23.8 Å². The third kappa shape index (κ3) is 4.13. The number of benzene rings is 2. The highest BCUT2D eigenvalue weighted by Gasteiger charge is 2.09. The second kappa shape index (κ2) is 6.99. The first-order valence-electron chi connectivity index (χ1n) is 6.92. The molecule has 2 aromatic rings. The highest BCUT2D eigenvalue weighted by atomic mass is 19.1. The lowest BCUT2D eigenvalue weighted by Crippen LogP contribution is -2.23. The van der Waals surface area contributed by atoms with Gasteiger partial charge in [-0.25, -0.2) is 4.39 Å². The maximum Gasteiger partial charge on any atom is 0.251 e. The van der Waals surface area contributed by atoms with Gasteiger partial charge in [0.25, 0.3) is 5.91 Å². The van der Waals surface area contributed by atoms with Crippen molar-refractivity contribution in [3.05, 3.63) is 70.5 Å². The Balaban J connectivity index is 1.97. The van der Waals surface area contributed by atoms with Crippen LogP contribution in [0.4, 0.5) is 4.39 Å². The van der Waals surface area contributed by atoms with Crippen molar-refractivity contribution in [1.29, 1.82) is 0 Å². The lowest BCUT2D eigenvalue weighted by atomic mass is 10.1. The van der Waals surface area contributed by atoms with Crippen LogP contribution in [0, 0.1) is 12.7 Å². The molecule has 3 nitrogen and oxygen atoms in total. The summed E-state index contributed by atoms with van der Waals surface area (Å²) in [6.45, 7) is 2.79. The van der Waals surface area contributed by atoms with Crippen LogP contribution in [0.2, 0.25) is 0 Å². The minimum Gasteiger partial charge on any atom is -0.348 e. The van der Waals surface area contributed by atoms with Gasteiger partial charge in [-0.15, -0.1) is 0 Å². The molecule has 0 aromatic heterocycles. The maximum absolute atomic E-state index is 13.0. The number of nitrogens with one attached hydrogen (secondary N) is 1. The summed E-state index contributed by atoms with van der Waals surface area (Å²) in [5, 5.41) is 2.84. The predicted molar refractivity (Wildman–Crippen MR) is 81.5 cm³/mol. The molecule has 2 rings (SSSR count). The molecule has 2 aromatic carbocycles. The molecule has 0 aliphatic heterocycles. The van der Waals surface area contributed by atoms with Crippen molar-refractivity contribution in [1.82, 2.24) is 5.32 Å². The summed E-state index contributed by atoms with van der Waals surface area (Å²) >= 11 is 0. The zero-order valence-electron chi connectivity index (χ0n) is 12.0. The molecule has 0 saturated carbocycles. The van der Waals surface area contributed by atoms with Crippen LogP contribution in [0.3, 0.4) is 0 Å². The summed E-state index contributed by atoms with van der Waals surface area (Å²) in [5.41, 5.74) is 8.83. The lowest BCUT2D eigenvalue weighted by Gasteiger charge is -2.08. The Kier molecular flexibility index (Phi) is 5.06. The molecule has 3 N–H and O–H groups in total. The van der Waals surface area contributed by atoms with Crippen molar-refractivity contribution < 1.29 is 9.18 Å². The quantitative estimate of drug-likeness (QED) is 0.887. The minimum absolute atomic E-state index is 0.196. The molecule has 0 heterocycles. The Hall–Kier alpha value is -2.20. The van der Waals surface area contributed by atoms with Gasteiger partial charge in [0.15, 0.2) is 0 Å². The first-order chi connectivity index (χ1) is 10.1. The fraction of sp³-hybridized carbons (Fsp3) is 0.235. The summed E-state index contributed by atoms with van der Waals surface area (Å²) < 4.78 is 13.0. The van der Waals surface area contributed by atoms with Crippen molar-refractivity contribution in [2.45, 2.75) is 19.9 Å². The van der Waals surface area contributed by atoms with E-state index in [1.54, 1.807) is 6.92 Å². The second-order valence-corrected chi connectivity index (χ2v) is 5.00. The topological polar surface area (TPSA) is 55.1 Å². The number of aryl methyl sites for hydroxylation is 1. The number of halogens is 1. The van der Waals surface area contributed by atoms with Crippen LogP contribution < -0.4 is 11.1 Å². The molecule has 0 aliphatic carbocycles. The maximum atomic E-state index is 13.0. The first kappa shape index (κ1) is 15.2. The number of carbonyl (C=O) groups excluding carboxylic acids is 1. The Labute approximate surface area is 124 Å². The third-order valence-electron chi connectivity index (χ3n) is 3.34. The van der Waals surface area contributed by atoms with E-state index in [2.05, 4.69) is 5.32 Å². The molecule has 0 fully saturated rings. The molecule has 0 bridgehead atoms. The van der Waals surface area contributed by atoms with Gasteiger partial charge in [0, 0.05) is 12.1 Å². The van der Waals surface area contributed by atoms with Crippen LogP contribution in [-0.2, 0) is 13.0 Å². The normalized spacial score (nSPS) is 10.4. The Bertz CT molecular complexity index is 623. The first-order valence-corrected chi connectivity index (χ1v) is 6.92. The highest BCUT2D eigenvalue weighted by molar-refractivity contribution is 5.95. The van der Waals surface area contributed by atoms with Crippen LogP contribution in [0.15, 0.2) is 42.5 Å². The standard InChI is InChI=1S/C17H19FN2O/c1-12-10-15(18)6-7-16(12)17(21)20-11-14-4-2-13(3-5-14)8-9-19/h2-7,10H,8-9,11,19H2,1H3,(H,20,21). The van der Waals surface area contributed by atoms with E-state index in [9.17, 15) is 9.18 Å². The number of hydrogen-bond donors (Lipinski definition) is 2. The highest BCUT2D eigenvalue weighted by Crippen LogP contribution is 2.10. The zero-order valence-corrected chi connectivity index (χ0v) is 12.0. The van der Waals surface area contributed by atoms with E-state index >= 15 is 0 Å². The van der Waals surface area contributed by atoms with Gasteiger partial charge in [0.2, 0.25) is 0 Å². The van der Waals surface area contributed by atoms with Gasteiger partial charge in [-0.3, -0.25) is 4.79 Å². The van der Waals surface area contributed by atoms with Gasteiger partial charge in [-0.05, 0) is 54.8 Å². The van der Waals surface area contributed by atoms with E-state index < -0.39 is 0 Å². The Morgan fingerprint density at radius 1 is 1.14 bits per heavy atom. The monoisotopic (exact) mass is 286 g/mol. The van der Waals surface area contributed by atoms with E-state index in [4.69, 9.17) is 5.73 Å². The average Bonchev–Trinajstić information content (AvgIpc) is 2.46. The lowest BCUT2D eigenvalue weighted by molar-refractivity contribution is 0.0950. The second-order valence-electron chi connectivity index (χ2n) is 5.00. The van der Waals surface area contributed by atoms with E-state index in [1.807, 2.05) is 24.3 Å². The summed E-state index contributed by atoms with van der Waals surface area (Å²) in [5.74, 6) is -0.530. The SMILES string of the molecule is Cc1cc(F)ccc1C(=O)NCc1ccc(CCN)cc1. The molecule has 21 heavy (non-hydrogen) atoms. The molecule has 4 heteroatoms. The van der Waals surface area contributed by atoms with Crippen molar-refractivity contribution >= 4 is 5.91 Å². The number of amides is 1. The average molecular weight is 286 g/mol. The van der Waals surface area contributed by atoms with Gasteiger partial charge in [0.1, 0.15) is 5.82 Å². The molecule has 0 radical (unpaired) electrons.